The molecular weight excluding hydrogens is 440 g/mol. The molecule has 5 rings (SSSR count). The Labute approximate surface area is 196 Å². The number of ether oxygens (including phenoxy) is 3. The van der Waals surface area contributed by atoms with Crippen LogP contribution in [-0.4, -0.2) is 79.1 Å². The first-order valence-electron chi connectivity index (χ1n) is 11.3. The number of fused-ring (bicyclic) bond motifs is 3. The maximum absolute atomic E-state index is 13.3. The number of carboxylic acid groups (broad SMARTS) is 1. The molecule has 9 heteroatoms. The number of rotatable bonds is 5. The summed E-state index contributed by atoms with van der Waals surface area (Å²) < 4.78 is 16.3. The Morgan fingerprint density at radius 2 is 1.74 bits per heavy atom. The first kappa shape index (κ1) is 22.4. The molecule has 1 aliphatic carbocycles. The lowest BCUT2D eigenvalue weighted by Gasteiger charge is -2.37. The molecular formula is C25H26N2O7. The van der Waals surface area contributed by atoms with Gasteiger partial charge in [-0.2, -0.15) is 0 Å². The van der Waals surface area contributed by atoms with E-state index in [-0.39, 0.29) is 51.2 Å². The highest BCUT2D eigenvalue weighted by atomic mass is 16.6. The van der Waals surface area contributed by atoms with Gasteiger partial charge in [0.05, 0.1) is 19.8 Å². The average Bonchev–Trinajstić information content (AvgIpc) is 3.46. The molecule has 3 aliphatic rings. The molecule has 2 atom stereocenters. The molecule has 2 aromatic rings. The Balaban J connectivity index is 1.28. The Hall–Kier alpha value is -3.43. The second-order valence-corrected chi connectivity index (χ2v) is 8.78. The van der Waals surface area contributed by atoms with Gasteiger partial charge in [-0.25, -0.2) is 9.59 Å². The van der Waals surface area contributed by atoms with E-state index in [9.17, 15) is 19.5 Å². The monoisotopic (exact) mass is 466 g/mol. The van der Waals surface area contributed by atoms with Gasteiger partial charge in [-0.3, -0.25) is 4.79 Å². The van der Waals surface area contributed by atoms with Crippen LogP contribution in [-0.2, 0) is 23.8 Å². The van der Waals surface area contributed by atoms with Gasteiger partial charge in [-0.15, -0.1) is 0 Å². The summed E-state index contributed by atoms with van der Waals surface area (Å²) in [5, 5.41) is 12.0. The molecule has 2 amide bonds. The van der Waals surface area contributed by atoms with Crippen LogP contribution in [0, 0.1) is 0 Å². The highest BCUT2D eigenvalue weighted by Gasteiger charge is 2.48. The minimum atomic E-state index is -1.29. The number of amides is 2. The van der Waals surface area contributed by atoms with E-state index in [0.29, 0.717) is 6.61 Å². The summed E-state index contributed by atoms with van der Waals surface area (Å²) in [6.45, 7) is 0.723. The first-order valence-corrected chi connectivity index (χ1v) is 11.3. The number of morpholine rings is 1. The number of benzene rings is 2. The molecule has 2 aliphatic heterocycles. The maximum Gasteiger partial charge on any atom is 0.408 e. The summed E-state index contributed by atoms with van der Waals surface area (Å²) in [6.07, 6.45) is -1.51. The van der Waals surface area contributed by atoms with E-state index in [1.54, 1.807) is 0 Å². The fourth-order valence-corrected chi connectivity index (χ4v) is 5.00. The second-order valence-electron chi connectivity index (χ2n) is 8.78. The van der Waals surface area contributed by atoms with E-state index in [2.05, 4.69) is 17.4 Å². The van der Waals surface area contributed by atoms with E-state index in [1.165, 1.54) is 4.90 Å². The molecule has 34 heavy (non-hydrogen) atoms. The number of aliphatic carboxylic acids is 1. The van der Waals surface area contributed by atoms with Crippen molar-refractivity contribution >= 4 is 18.0 Å². The SMILES string of the molecule is O=C(NC1(C(=O)N2CCOC(C(=O)O)C2)CCOC1)OCC1c2ccccc2-c2ccccc21. The Bertz CT molecular complexity index is 1070. The highest BCUT2D eigenvalue weighted by Crippen LogP contribution is 2.44. The summed E-state index contributed by atoms with van der Waals surface area (Å²) in [5.74, 6) is -1.60. The third kappa shape index (κ3) is 4.01. The van der Waals surface area contributed by atoms with Crippen LogP contribution in [0.2, 0.25) is 0 Å². The van der Waals surface area contributed by atoms with Crippen LogP contribution in [0.4, 0.5) is 4.79 Å². The lowest BCUT2D eigenvalue weighted by Crippen LogP contribution is -2.63. The van der Waals surface area contributed by atoms with E-state index >= 15 is 0 Å². The number of nitrogens with one attached hydrogen (secondary N) is 1. The minimum Gasteiger partial charge on any atom is -0.479 e. The third-order valence-corrected chi connectivity index (χ3v) is 6.75. The minimum absolute atomic E-state index is 0.00508. The summed E-state index contributed by atoms with van der Waals surface area (Å²) >= 11 is 0. The fourth-order valence-electron chi connectivity index (χ4n) is 5.00. The van der Waals surface area contributed by atoms with E-state index in [1.807, 2.05) is 36.4 Å². The molecule has 178 valence electrons. The van der Waals surface area contributed by atoms with E-state index < -0.39 is 23.7 Å². The normalized spacial score (nSPS) is 23.8. The molecule has 9 nitrogen and oxygen atoms in total. The summed E-state index contributed by atoms with van der Waals surface area (Å²) in [6, 6.07) is 16.1. The summed E-state index contributed by atoms with van der Waals surface area (Å²) in [4.78, 5) is 38.9. The number of hydrogen-bond acceptors (Lipinski definition) is 6. The summed E-state index contributed by atoms with van der Waals surface area (Å²) in [7, 11) is 0. The van der Waals surface area contributed by atoms with Gasteiger partial charge in [0.1, 0.15) is 12.1 Å². The van der Waals surface area contributed by atoms with Gasteiger partial charge >= 0.3 is 12.1 Å². The van der Waals surface area contributed by atoms with Gasteiger partial charge in [-0.1, -0.05) is 48.5 Å². The van der Waals surface area contributed by atoms with Gasteiger partial charge in [0.2, 0.25) is 0 Å². The van der Waals surface area contributed by atoms with Crippen molar-refractivity contribution in [2.45, 2.75) is 24.0 Å². The Morgan fingerprint density at radius 1 is 1.06 bits per heavy atom. The lowest BCUT2D eigenvalue weighted by atomic mass is 9.96. The number of nitrogens with zero attached hydrogens (tertiary/aromatic N) is 1. The molecule has 0 spiro atoms. The topological polar surface area (TPSA) is 114 Å². The van der Waals surface area contributed by atoms with E-state index in [4.69, 9.17) is 14.2 Å². The van der Waals surface area contributed by atoms with Crippen LogP contribution >= 0.6 is 0 Å². The predicted octanol–water partition coefficient (Wildman–Crippen LogP) is 2.00. The van der Waals surface area contributed by atoms with Crippen molar-refractivity contribution in [3.05, 3.63) is 59.7 Å². The number of carbonyl (C=O) groups is 3. The van der Waals surface area contributed by atoms with Crippen LogP contribution in [0.1, 0.15) is 23.5 Å². The zero-order chi connectivity index (χ0) is 23.7. The van der Waals surface area contributed by atoms with Crippen molar-refractivity contribution in [3.63, 3.8) is 0 Å². The number of carboxylic acids is 1. The average molecular weight is 466 g/mol. The largest absolute Gasteiger partial charge is 0.479 e. The van der Waals surface area contributed by atoms with Gasteiger partial charge in [0.25, 0.3) is 5.91 Å². The van der Waals surface area contributed by atoms with Crippen molar-refractivity contribution in [1.82, 2.24) is 10.2 Å². The van der Waals surface area contributed by atoms with Gasteiger partial charge < -0.3 is 29.5 Å². The standard InChI is InChI=1S/C25H26N2O7/c28-22(29)21-13-27(10-12-33-21)23(30)25(9-11-32-15-25)26-24(31)34-14-20-18-7-3-1-5-16(18)17-6-2-4-8-19(17)20/h1-8,20-21H,9-15H2,(H,26,31)(H,28,29). The second kappa shape index (κ2) is 9.08. The third-order valence-electron chi connectivity index (χ3n) is 6.75. The summed E-state index contributed by atoms with van der Waals surface area (Å²) in [5.41, 5.74) is 3.16. The number of alkyl carbamates (subject to hydrolysis) is 1. The molecule has 0 radical (unpaired) electrons. The van der Waals surface area contributed by atoms with Gasteiger partial charge in [0, 0.05) is 25.5 Å². The number of hydrogen-bond donors (Lipinski definition) is 2. The van der Waals surface area contributed by atoms with Crippen molar-refractivity contribution in [1.29, 1.82) is 0 Å². The fraction of sp³-hybridized carbons (Fsp3) is 0.400. The van der Waals surface area contributed by atoms with Crippen LogP contribution in [0.5, 0.6) is 0 Å². The Morgan fingerprint density at radius 3 is 2.35 bits per heavy atom. The van der Waals surface area contributed by atoms with Crippen LogP contribution in [0.3, 0.4) is 0 Å². The zero-order valence-corrected chi connectivity index (χ0v) is 18.6. The molecule has 2 heterocycles. The molecule has 2 fully saturated rings. The van der Waals surface area contributed by atoms with Gasteiger partial charge in [-0.05, 0) is 22.3 Å². The predicted molar refractivity (Wildman–Crippen MR) is 120 cm³/mol. The first-order chi connectivity index (χ1) is 16.5. The number of carbonyl (C=O) groups excluding carboxylic acids is 2. The molecule has 2 aromatic carbocycles. The quantitative estimate of drug-likeness (QED) is 0.693. The lowest BCUT2D eigenvalue weighted by molar-refractivity contribution is -0.161. The van der Waals surface area contributed by atoms with Gasteiger partial charge in [0.15, 0.2) is 6.10 Å². The molecule has 2 unspecified atom stereocenters. The maximum atomic E-state index is 13.3. The molecule has 0 aromatic heterocycles. The van der Waals surface area contributed by atoms with Crippen LogP contribution in [0.25, 0.3) is 11.1 Å². The molecule has 2 N–H and O–H groups in total. The van der Waals surface area contributed by atoms with E-state index in [0.717, 1.165) is 22.3 Å². The zero-order valence-electron chi connectivity index (χ0n) is 18.6. The van der Waals surface area contributed by atoms with Crippen LogP contribution in [0.15, 0.2) is 48.5 Å². The smallest absolute Gasteiger partial charge is 0.408 e. The van der Waals surface area contributed by atoms with Crippen molar-refractivity contribution in [3.8, 4) is 11.1 Å². The van der Waals surface area contributed by atoms with Crippen LogP contribution < -0.4 is 5.32 Å². The Kier molecular flexibility index (Phi) is 5.97. The van der Waals surface area contributed by atoms with Crippen molar-refractivity contribution < 1.29 is 33.7 Å². The highest BCUT2D eigenvalue weighted by molar-refractivity contribution is 5.91. The molecule has 0 saturated carbocycles. The molecule has 2 saturated heterocycles. The van der Waals surface area contributed by atoms with Crippen molar-refractivity contribution in [2.75, 3.05) is 39.5 Å². The molecule has 0 bridgehead atoms. The van der Waals surface area contributed by atoms with Crippen molar-refractivity contribution in [2.24, 2.45) is 0 Å².